The minimum atomic E-state index is 0.549. The van der Waals surface area contributed by atoms with Crippen LogP contribution in [0, 0.1) is 6.20 Å². The summed E-state index contributed by atoms with van der Waals surface area (Å²) in [6.45, 7) is 0. The lowest BCUT2D eigenvalue weighted by molar-refractivity contribution is 0.483. The minimum absolute atomic E-state index is 0.549. The second kappa shape index (κ2) is 2.90. The number of nitrogens with zero attached hydrogens (tertiary/aromatic N) is 3. The van der Waals surface area contributed by atoms with E-state index in [2.05, 4.69) is 16.1 Å². The number of aromatic nitrogens is 1. The predicted molar refractivity (Wildman–Crippen MR) is 51.0 cm³/mol. The molecule has 2 heterocycles. The van der Waals surface area contributed by atoms with Crippen LogP contribution in [-0.2, 0) is 0 Å². The second-order valence-corrected chi connectivity index (χ2v) is 3.44. The molecule has 0 unspecified atom stereocenters. The van der Waals surface area contributed by atoms with Gasteiger partial charge in [0.2, 0.25) is 0 Å². The van der Waals surface area contributed by atoms with E-state index in [1.165, 1.54) is 19.1 Å². The first-order valence-corrected chi connectivity index (χ1v) is 4.67. The lowest BCUT2D eigenvalue weighted by Gasteiger charge is -2.22. The van der Waals surface area contributed by atoms with Gasteiger partial charge in [-0.1, -0.05) is 0 Å². The van der Waals surface area contributed by atoms with Crippen molar-refractivity contribution in [3.05, 3.63) is 37.3 Å². The van der Waals surface area contributed by atoms with Gasteiger partial charge in [0.25, 0.3) is 0 Å². The summed E-state index contributed by atoms with van der Waals surface area (Å²) in [7, 11) is 0. The second-order valence-electron chi connectivity index (χ2n) is 3.44. The molecule has 1 aromatic heterocycles. The Kier molecular flexibility index (Phi) is 1.59. The van der Waals surface area contributed by atoms with Crippen LogP contribution in [0.3, 0.4) is 0 Å². The summed E-state index contributed by atoms with van der Waals surface area (Å²) in [5.74, 6) is 0. The van der Waals surface area contributed by atoms with Crippen molar-refractivity contribution in [2.45, 2.75) is 18.9 Å². The van der Waals surface area contributed by atoms with E-state index >= 15 is 0 Å². The van der Waals surface area contributed by atoms with Crippen LogP contribution in [-0.4, -0.2) is 15.9 Å². The Hall–Kier alpha value is -1.71. The number of hydrogen-bond acceptors (Lipinski definition) is 4. The summed E-state index contributed by atoms with van der Waals surface area (Å²) >= 11 is 0. The highest BCUT2D eigenvalue weighted by molar-refractivity contribution is 5.37. The van der Waals surface area contributed by atoms with Gasteiger partial charge >= 0.3 is 6.01 Å². The van der Waals surface area contributed by atoms with Gasteiger partial charge in [0.05, 0.1) is 0 Å². The van der Waals surface area contributed by atoms with E-state index < -0.39 is 0 Å². The van der Waals surface area contributed by atoms with E-state index in [1.54, 1.807) is 0 Å². The maximum Gasteiger partial charge on any atom is 0.306 e. The highest BCUT2D eigenvalue weighted by Gasteiger charge is 2.26. The van der Waals surface area contributed by atoms with Crippen molar-refractivity contribution in [2.24, 2.45) is 0 Å². The van der Waals surface area contributed by atoms with Crippen molar-refractivity contribution >= 4 is 6.01 Å². The molecule has 4 heteroatoms. The molecule has 0 amide bonds. The molecule has 1 saturated carbocycles. The molecule has 2 aliphatic rings. The number of anilines is 1. The third kappa shape index (κ3) is 1.28. The summed E-state index contributed by atoms with van der Waals surface area (Å²) < 4.78 is 5.12. The lowest BCUT2D eigenvalue weighted by Crippen LogP contribution is -2.20. The van der Waals surface area contributed by atoms with Gasteiger partial charge in [-0.2, -0.15) is 4.98 Å². The summed E-state index contributed by atoms with van der Waals surface area (Å²) in [5, 5.41) is 0. The molecule has 71 valence electrons. The van der Waals surface area contributed by atoms with Crippen LogP contribution in [0.2, 0.25) is 0 Å². The van der Waals surface area contributed by atoms with E-state index in [0.29, 0.717) is 12.1 Å². The van der Waals surface area contributed by atoms with Gasteiger partial charge in [0.15, 0.2) is 0 Å². The molecule has 1 aromatic rings. The molecular weight excluding hydrogens is 178 g/mol. The molecule has 1 radical (unpaired) electrons. The van der Waals surface area contributed by atoms with Crippen LogP contribution in [0.5, 0.6) is 0 Å². The Balaban J connectivity index is 1.75. The van der Waals surface area contributed by atoms with Gasteiger partial charge in [-0.3, -0.25) is 4.90 Å². The Bertz CT molecular complexity index is 351. The predicted octanol–water partition coefficient (Wildman–Crippen LogP) is 1.70. The van der Waals surface area contributed by atoms with Crippen LogP contribution in [0.15, 0.2) is 35.5 Å². The number of hydrogen-bond donors (Lipinski definition) is 0. The van der Waals surface area contributed by atoms with Crippen LogP contribution < -0.4 is 4.90 Å². The highest BCUT2D eigenvalue weighted by atomic mass is 16.4. The average molecular weight is 188 g/mol. The van der Waals surface area contributed by atoms with Crippen LogP contribution in [0.1, 0.15) is 12.8 Å². The fourth-order valence-corrected chi connectivity index (χ4v) is 1.45. The minimum Gasteiger partial charge on any atom is -0.431 e. The normalized spacial score (nSPS) is 20.6. The molecule has 1 aliphatic carbocycles. The molecule has 0 aromatic carbocycles. The first-order chi connectivity index (χ1) is 6.93. The molecule has 0 saturated heterocycles. The zero-order chi connectivity index (χ0) is 9.38. The molecule has 1 aliphatic heterocycles. The monoisotopic (exact) mass is 188 g/mol. The first kappa shape index (κ1) is 7.67. The van der Waals surface area contributed by atoms with E-state index in [0.717, 1.165) is 0 Å². The van der Waals surface area contributed by atoms with Crippen LogP contribution >= 0.6 is 0 Å². The van der Waals surface area contributed by atoms with Gasteiger partial charge in [0.1, 0.15) is 12.5 Å². The third-order valence-corrected chi connectivity index (χ3v) is 2.37. The molecule has 3 rings (SSSR count). The third-order valence-electron chi connectivity index (χ3n) is 2.37. The van der Waals surface area contributed by atoms with Crippen LogP contribution in [0.25, 0.3) is 0 Å². The lowest BCUT2D eigenvalue weighted by atomic mass is 10.5. The molecule has 14 heavy (non-hydrogen) atoms. The molecule has 1 fully saturated rings. The molecule has 0 atom stereocenters. The van der Waals surface area contributed by atoms with Crippen LogP contribution in [0.4, 0.5) is 6.01 Å². The van der Waals surface area contributed by atoms with E-state index in [4.69, 9.17) is 4.42 Å². The van der Waals surface area contributed by atoms with E-state index in [9.17, 15) is 0 Å². The topological polar surface area (TPSA) is 32.5 Å². The SMILES string of the molecule is [c]1coc(N2C=CN(C3CC3)C=C2)n1. The van der Waals surface area contributed by atoms with Crippen molar-refractivity contribution in [1.29, 1.82) is 0 Å². The van der Waals surface area contributed by atoms with Crippen molar-refractivity contribution < 1.29 is 4.42 Å². The van der Waals surface area contributed by atoms with Crippen molar-refractivity contribution in [2.75, 3.05) is 4.90 Å². The van der Waals surface area contributed by atoms with Gasteiger partial charge < -0.3 is 9.32 Å². The molecule has 0 N–H and O–H groups in total. The first-order valence-electron chi connectivity index (χ1n) is 4.67. The van der Waals surface area contributed by atoms with Gasteiger partial charge in [-0.25, -0.2) is 0 Å². The van der Waals surface area contributed by atoms with Gasteiger partial charge in [-0.05, 0) is 12.8 Å². The zero-order valence-electron chi connectivity index (χ0n) is 7.63. The molecule has 4 nitrogen and oxygen atoms in total. The largest absolute Gasteiger partial charge is 0.431 e. The highest BCUT2D eigenvalue weighted by Crippen LogP contribution is 2.29. The number of rotatable bonds is 2. The quantitative estimate of drug-likeness (QED) is 0.707. The Morgan fingerprint density at radius 3 is 2.64 bits per heavy atom. The summed E-state index contributed by atoms with van der Waals surface area (Å²) in [6.07, 6.45) is 14.6. The molecule has 0 bridgehead atoms. The Labute approximate surface area is 82.1 Å². The van der Waals surface area contributed by atoms with Crippen molar-refractivity contribution in [1.82, 2.24) is 9.88 Å². The summed E-state index contributed by atoms with van der Waals surface area (Å²) in [6, 6.07) is 1.26. The van der Waals surface area contributed by atoms with Crippen molar-refractivity contribution in [3.63, 3.8) is 0 Å². The maximum absolute atomic E-state index is 5.12. The molecule has 0 spiro atoms. The fraction of sp³-hybridized carbons (Fsp3) is 0.300. The number of oxazole rings is 1. The van der Waals surface area contributed by atoms with E-state index in [-0.39, 0.29) is 0 Å². The standard InChI is InChI=1S/C10H10N3O/c1-2-9(1)12-4-6-13(7-5-12)10-11-3-8-14-10/h4-9H,1-2H2. The Morgan fingerprint density at radius 1 is 1.29 bits per heavy atom. The fourth-order valence-electron chi connectivity index (χ4n) is 1.45. The smallest absolute Gasteiger partial charge is 0.306 e. The maximum atomic E-state index is 5.12. The molecular formula is C10H10N3O. The van der Waals surface area contributed by atoms with Crippen molar-refractivity contribution in [3.8, 4) is 0 Å². The Morgan fingerprint density at radius 2 is 2.07 bits per heavy atom. The average Bonchev–Trinajstić information content (AvgIpc) is 2.94. The van der Waals surface area contributed by atoms with Gasteiger partial charge in [-0.15, -0.1) is 0 Å². The van der Waals surface area contributed by atoms with E-state index in [1.807, 2.05) is 29.7 Å². The zero-order valence-corrected chi connectivity index (χ0v) is 7.63. The van der Waals surface area contributed by atoms with Gasteiger partial charge in [0, 0.05) is 30.8 Å². The summed E-state index contributed by atoms with van der Waals surface area (Å²) in [4.78, 5) is 7.98. The summed E-state index contributed by atoms with van der Waals surface area (Å²) in [5.41, 5.74) is 0.